The van der Waals surface area contributed by atoms with Crippen LogP contribution in [0.15, 0.2) is 12.2 Å². The molecule has 6 heteroatoms. The fourth-order valence-corrected chi connectivity index (χ4v) is 4.41. The summed E-state index contributed by atoms with van der Waals surface area (Å²) in [5, 5.41) is 0. The van der Waals surface area contributed by atoms with E-state index in [2.05, 4.69) is 41.7 Å². The van der Waals surface area contributed by atoms with E-state index in [0.717, 1.165) is 51.4 Å². The SMILES string of the molecule is CCCCCCCC(=O)CCCCCC/C=C/C(I)[C@@H](CCOC(C)=O)C(=O)OC(C)(C)C. The Morgan fingerprint density at radius 3 is 2.03 bits per heavy atom. The van der Waals surface area contributed by atoms with Crippen molar-refractivity contribution < 1.29 is 23.9 Å². The molecule has 0 aromatic carbocycles. The summed E-state index contributed by atoms with van der Waals surface area (Å²) in [5.74, 6) is -0.532. The molecule has 0 N–H and O–H groups in total. The zero-order valence-corrected chi connectivity index (χ0v) is 23.8. The van der Waals surface area contributed by atoms with Crippen LogP contribution >= 0.6 is 22.6 Å². The topological polar surface area (TPSA) is 69.7 Å². The van der Waals surface area contributed by atoms with Gasteiger partial charge in [-0.1, -0.05) is 80.2 Å². The number of carbonyl (C=O) groups is 3. The summed E-state index contributed by atoms with van der Waals surface area (Å²) in [4.78, 5) is 35.6. The fourth-order valence-electron chi connectivity index (χ4n) is 3.46. The highest BCUT2D eigenvalue weighted by molar-refractivity contribution is 14.1. The van der Waals surface area contributed by atoms with Gasteiger partial charge < -0.3 is 9.47 Å². The Morgan fingerprint density at radius 2 is 1.48 bits per heavy atom. The maximum Gasteiger partial charge on any atom is 0.310 e. The fraction of sp³-hybridized carbons (Fsp3) is 0.815. The molecule has 0 bridgehead atoms. The van der Waals surface area contributed by atoms with Crippen molar-refractivity contribution in [2.75, 3.05) is 6.61 Å². The average molecular weight is 579 g/mol. The first-order valence-electron chi connectivity index (χ1n) is 12.8. The van der Waals surface area contributed by atoms with Crippen LogP contribution in [0, 0.1) is 5.92 Å². The van der Waals surface area contributed by atoms with E-state index in [-0.39, 0.29) is 28.4 Å². The lowest BCUT2D eigenvalue weighted by Crippen LogP contribution is -2.33. The number of unbranched alkanes of at least 4 members (excludes halogenated alkanes) is 8. The highest BCUT2D eigenvalue weighted by Gasteiger charge is 2.29. The molecule has 0 saturated carbocycles. The summed E-state index contributed by atoms with van der Waals surface area (Å²) in [6.45, 7) is 9.35. The second-order valence-corrected chi connectivity index (χ2v) is 11.2. The van der Waals surface area contributed by atoms with E-state index in [9.17, 15) is 14.4 Å². The molecule has 5 nitrogen and oxygen atoms in total. The zero-order valence-electron chi connectivity index (χ0n) is 21.6. The van der Waals surface area contributed by atoms with Gasteiger partial charge in [0.25, 0.3) is 0 Å². The second-order valence-electron chi connectivity index (χ2n) is 9.80. The molecule has 0 rings (SSSR count). The zero-order chi connectivity index (χ0) is 25.1. The van der Waals surface area contributed by atoms with Crippen molar-refractivity contribution in [1.29, 1.82) is 0 Å². The van der Waals surface area contributed by atoms with E-state index < -0.39 is 5.60 Å². The molecular formula is C27H47IO5. The van der Waals surface area contributed by atoms with E-state index in [1.54, 1.807) is 0 Å². The minimum absolute atomic E-state index is 0.0250. The smallest absolute Gasteiger partial charge is 0.310 e. The number of Topliss-reactive ketones (excluding diaryl/α,β-unsaturated/α-hetero) is 1. The third kappa shape index (κ3) is 20.2. The van der Waals surface area contributed by atoms with Gasteiger partial charge in [0, 0.05) is 23.7 Å². The van der Waals surface area contributed by atoms with Crippen LogP contribution < -0.4 is 0 Å². The Labute approximate surface area is 216 Å². The lowest BCUT2D eigenvalue weighted by Gasteiger charge is -2.25. The molecule has 33 heavy (non-hydrogen) atoms. The summed E-state index contributed by atoms with van der Waals surface area (Å²) in [5.41, 5.74) is -0.548. The standard InChI is InChI=1S/C27H47IO5/c1-6-7-8-11-14-17-23(30)18-15-12-9-10-13-16-19-25(28)24(20-21-32-22(2)29)26(31)33-27(3,4)5/h16,19,24-25H,6-15,17-18,20-21H2,1-5H3/b19-16+/t24-,25?/m1/s1. The molecule has 1 unspecified atom stereocenters. The van der Waals surface area contributed by atoms with E-state index >= 15 is 0 Å². The van der Waals surface area contributed by atoms with Crippen LogP contribution in [0.2, 0.25) is 0 Å². The third-order valence-corrected chi connectivity index (χ3v) is 6.57. The monoisotopic (exact) mass is 578 g/mol. The Morgan fingerprint density at radius 1 is 0.909 bits per heavy atom. The Hall–Kier alpha value is -0.920. The number of hydrogen-bond acceptors (Lipinski definition) is 5. The van der Waals surface area contributed by atoms with Gasteiger partial charge in [-0.15, -0.1) is 0 Å². The van der Waals surface area contributed by atoms with E-state index in [1.165, 1.54) is 32.6 Å². The maximum atomic E-state index is 12.6. The highest BCUT2D eigenvalue weighted by atomic mass is 127. The second kappa shape index (κ2) is 19.4. The molecule has 0 aromatic rings. The van der Waals surface area contributed by atoms with Gasteiger partial charge in [0.2, 0.25) is 0 Å². The van der Waals surface area contributed by atoms with Gasteiger partial charge in [0.1, 0.15) is 11.4 Å². The first kappa shape index (κ1) is 32.1. The molecule has 0 fully saturated rings. The van der Waals surface area contributed by atoms with Crippen LogP contribution in [0.4, 0.5) is 0 Å². The summed E-state index contributed by atoms with van der Waals surface area (Å²) in [7, 11) is 0. The first-order chi connectivity index (χ1) is 15.6. The number of esters is 2. The predicted octanol–water partition coefficient (Wildman–Crippen LogP) is 7.53. The van der Waals surface area contributed by atoms with Crippen molar-refractivity contribution in [3.05, 3.63) is 12.2 Å². The van der Waals surface area contributed by atoms with E-state index in [0.29, 0.717) is 12.2 Å². The van der Waals surface area contributed by atoms with Crippen LogP contribution in [0.25, 0.3) is 0 Å². The first-order valence-corrected chi connectivity index (χ1v) is 14.0. The van der Waals surface area contributed by atoms with Gasteiger partial charge in [-0.25, -0.2) is 0 Å². The Balaban J connectivity index is 4.18. The molecule has 2 atom stereocenters. The van der Waals surface area contributed by atoms with Crippen LogP contribution in [0.1, 0.15) is 118 Å². The van der Waals surface area contributed by atoms with Crippen LogP contribution in [0.3, 0.4) is 0 Å². The molecule has 0 radical (unpaired) electrons. The van der Waals surface area contributed by atoms with Crippen molar-refractivity contribution in [1.82, 2.24) is 0 Å². The molecular weight excluding hydrogens is 531 g/mol. The number of carbonyl (C=O) groups excluding carboxylic acids is 3. The van der Waals surface area contributed by atoms with E-state index in [1.807, 2.05) is 20.8 Å². The average Bonchev–Trinajstić information content (AvgIpc) is 2.71. The molecule has 0 amide bonds. The van der Waals surface area contributed by atoms with Gasteiger partial charge in [-0.2, -0.15) is 0 Å². The maximum absolute atomic E-state index is 12.6. The number of rotatable bonds is 19. The summed E-state index contributed by atoms with van der Waals surface area (Å²) in [6, 6.07) is 0. The van der Waals surface area contributed by atoms with E-state index in [4.69, 9.17) is 9.47 Å². The van der Waals surface area contributed by atoms with Crippen LogP contribution in [-0.4, -0.2) is 33.9 Å². The van der Waals surface area contributed by atoms with Crippen LogP contribution in [-0.2, 0) is 23.9 Å². The number of alkyl halides is 1. The third-order valence-electron chi connectivity index (χ3n) is 5.28. The molecule has 0 aliphatic heterocycles. The molecule has 0 saturated heterocycles. The lowest BCUT2D eigenvalue weighted by molar-refractivity contribution is -0.161. The number of halogens is 1. The lowest BCUT2D eigenvalue weighted by atomic mass is 10.0. The predicted molar refractivity (Wildman–Crippen MR) is 144 cm³/mol. The molecule has 0 aliphatic rings. The van der Waals surface area contributed by atoms with Gasteiger partial charge in [-0.05, 0) is 52.9 Å². The molecule has 192 valence electrons. The quantitative estimate of drug-likeness (QED) is 0.0521. The number of hydrogen-bond donors (Lipinski definition) is 0. The van der Waals surface area contributed by atoms with Crippen molar-refractivity contribution in [3.63, 3.8) is 0 Å². The summed E-state index contributed by atoms with van der Waals surface area (Å²) < 4.78 is 10.6. The molecule has 0 aliphatic carbocycles. The van der Waals surface area contributed by atoms with Gasteiger partial charge in [0.05, 0.1) is 12.5 Å². The van der Waals surface area contributed by atoms with Crippen LogP contribution in [0.5, 0.6) is 0 Å². The van der Waals surface area contributed by atoms with Gasteiger partial charge in [-0.3, -0.25) is 14.4 Å². The van der Waals surface area contributed by atoms with Crippen molar-refractivity contribution in [2.24, 2.45) is 5.92 Å². The number of ether oxygens (including phenoxy) is 2. The number of ketones is 1. The minimum atomic E-state index is -0.548. The van der Waals surface area contributed by atoms with Crippen molar-refractivity contribution in [2.45, 2.75) is 128 Å². The molecule has 0 aromatic heterocycles. The number of allylic oxidation sites excluding steroid dienone is 2. The summed E-state index contributed by atoms with van der Waals surface area (Å²) in [6.07, 6.45) is 17.3. The molecule has 0 spiro atoms. The molecule has 0 heterocycles. The normalized spacial score (nSPS) is 13.6. The van der Waals surface area contributed by atoms with Crippen molar-refractivity contribution in [3.8, 4) is 0 Å². The summed E-state index contributed by atoms with van der Waals surface area (Å²) >= 11 is 2.26. The Kier molecular flexibility index (Phi) is 18.9. The van der Waals surface area contributed by atoms with Gasteiger partial charge >= 0.3 is 11.9 Å². The minimum Gasteiger partial charge on any atom is -0.466 e. The largest absolute Gasteiger partial charge is 0.466 e. The highest BCUT2D eigenvalue weighted by Crippen LogP contribution is 2.24. The van der Waals surface area contributed by atoms with Crippen molar-refractivity contribution >= 4 is 40.3 Å². The van der Waals surface area contributed by atoms with Gasteiger partial charge in [0.15, 0.2) is 0 Å². The Bertz CT molecular complexity index is 580.